The number of aryl methyl sites for hydroxylation is 2. The van der Waals surface area contributed by atoms with Crippen LogP contribution in [0.15, 0.2) is 34.9 Å². The molecule has 0 saturated heterocycles. The summed E-state index contributed by atoms with van der Waals surface area (Å²) in [6, 6.07) is 9.04. The van der Waals surface area contributed by atoms with Gasteiger partial charge in [-0.3, -0.25) is 14.9 Å². The topological polar surface area (TPSA) is 89.2 Å². The number of nitrogens with one attached hydrogen (secondary N) is 2. The summed E-state index contributed by atoms with van der Waals surface area (Å²) in [4.78, 5) is 24.7. The zero-order valence-electron chi connectivity index (χ0n) is 14.5. The van der Waals surface area contributed by atoms with Crippen LogP contribution in [0.1, 0.15) is 46.3 Å². The normalized spacial score (nSPS) is 14.0. The fraction of sp³-hybridized carbons (Fsp3) is 0.316. The molecule has 0 saturated carbocycles. The van der Waals surface area contributed by atoms with Crippen LogP contribution in [0.5, 0.6) is 0 Å². The number of aromatic nitrogens is 2. The van der Waals surface area contributed by atoms with Crippen LogP contribution in [0.3, 0.4) is 0 Å². The van der Waals surface area contributed by atoms with E-state index < -0.39 is 0 Å². The molecular weight excluding hydrogens is 332 g/mol. The van der Waals surface area contributed by atoms with Crippen molar-refractivity contribution in [3.8, 4) is 0 Å². The maximum absolute atomic E-state index is 12.6. The van der Waals surface area contributed by atoms with Crippen LogP contribution in [-0.2, 0) is 13.0 Å². The van der Waals surface area contributed by atoms with Crippen LogP contribution in [0, 0.1) is 0 Å². The van der Waals surface area contributed by atoms with E-state index in [2.05, 4.69) is 22.7 Å². The maximum Gasteiger partial charge on any atom is 0.267 e. The molecule has 2 aromatic heterocycles. The summed E-state index contributed by atoms with van der Waals surface area (Å²) in [6.07, 6.45) is 2.63. The van der Waals surface area contributed by atoms with Crippen molar-refractivity contribution in [2.75, 3.05) is 11.9 Å². The van der Waals surface area contributed by atoms with Gasteiger partial charge in [0.05, 0.1) is 5.69 Å². The molecule has 3 aromatic rings. The highest BCUT2D eigenvalue weighted by Gasteiger charge is 2.19. The first-order chi connectivity index (χ1) is 12.7. The van der Waals surface area contributed by atoms with Crippen molar-refractivity contribution in [2.45, 2.75) is 32.7 Å². The lowest BCUT2D eigenvalue weighted by molar-refractivity contribution is 0.0950. The second-order valence-corrected chi connectivity index (χ2v) is 6.45. The van der Waals surface area contributed by atoms with Crippen LogP contribution in [0.2, 0.25) is 0 Å². The van der Waals surface area contributed by atoms with Gasteiger partial charge in [-0.15, -0.1) is 0 Å². The Labute approximate surface area is 150 Å². The van der Waals surface area contributed by atoms with Crippen LogP contribution in [-0.4, -0.2) is 28.1 Å². The SMILES string of the molecule is CCCc1cc(NC(=O)c2ccc3cc4n(c3c2)CCCNC4=O)on1. The Morgan fingerprint density at radius 3 is 3.08 bits per heavy atom. The van der Waals surface area contributed by atoms with Crippen molar-refractivity contribution < 1.29 is 14.1 Å². The minimum Gasteiger partial charge on any atom is -0.351 e. The summed E-state index contributed by atoms with van der Waals surface area (Å²) in [6.45, 7) is 3.46. The van der Waals surface area contributed by atoms with E-state index >= 15 is 0 Å². The molecular formula is C19H20N4O3. The average Bonchev–Trinajstić information content (AvgIpc) is 3.17. The molecule has 0 bridgehead atoms. The van der Waals surface area contributed by atoms with Crippen molar-refractivity contribution in [2.24, 2.45) is 0 Å². The number of rotatable bonds is 4. The van der Waals surface area contributed by atoms with E-state index in [4.69, 9.17) is 4.52 Å². The Kier molecular flexibility index (Phi) is 4.20. The third-order valence-electron chi connectivity index (χ3n) is 4.54. The van der Waals surface area contributed by atoms with Crippen LogP contribution < -0.4 is 10.6 Å². The number of nitrogens with zero attached hydrogens (tertiary/aromatic N) is 2. The Bertz CT molecular complexity index is 986. The van der Waals surface area contributed by atoms with Gasteiger partial charge in [-0.2, -0.15) is 0 Å². The van der Waals surface area contributed by atoms with Gasteiger partial charge in [0.1, 0.15) is 5.69 Å². The second-order valence-electron chi connectivity index (χ2n) is 6.45. The van der Waals surface area contributed by atoms with Gasteiger partial charge in [0.15, 0.2) is 0 Å². The number of amides is 2. The first kappa shape index (κ1) is 16.4. The Morgan fingerprint density at radius 1 is 1.35 bits per heavy atom. The maximum atomic E-state index is 12.6. The van der Waals surface area contributed by atoms with Crippen LogP contribution in [0.25, 0.3) is 10.9 Å². The number of fused-ring (bicyclic) bond motifs is 3. The van der Waals surface area contributed by atoms with E-state index in [1.165, 1.54) is 0 Å². The minimum absolute atomic E-state index is 0.0742. The van der Waals surface area contributed by atoms with Crippen molar-refractivity contribution in [3.63, 3.8) is 0 Å². The number of carbonyl (C=O) groups excluding carboxylic acids is 2. The standard InChI is InChI=1S/C19H20N4O3/c1-2-4-14-11-17(26-22-14)21-18(24)13-6-5-12-9-16-19(25)20-7-3-8-23(16)15(12)10-13/h5-6,9-11H,2-4,7-8H2,1H3,(H,20,25)(H,21,24). The lowest BCUT2D eigenvalue weighted by atomic mass is 10.1. The molecule has 0 radical (unpaired) electrons. The largest absolute Gasteiger partial charge is 0.351 e. The highest BCUT2D eigenvalue weighted by Crippen LogP contribution is 2.24. The first-order valence-corrected chi connectivity index (χ1v) is 8.84. The van der Waals surface area contributed by atoms with E-state index in [1.54, 1.807) is 12.1 Å². The van der Waals surface area contributed by atoms with Gasteiger partial charge in [-0.25, -0.2) is 0 Å². The van der Waals surface area contributed by atoms with Gasteiger partial charge in [0, 0.05) is 35.6 Å². The molecule has 26 heavy (non-hydrogen) atoms. The Balaban J connectivity index is 1.62. The molecule has 2 N–H and O–H groups in total. The van der Waals surface area contributed by atoms with E-state index in [9.17, 15) is 9.59 Å². The molecule has 1 aliphatic rings. The molecule has 0 unspecified atom stereocenters. The van der Waals surface area contributed by atoms with Crippen LogP contribution >= 0.6 is 0 Å². The highest BCUT2D eigenvalue weighted by molar-refractivity contribution is 6.06. The predicted octanol–water partition coefficient (Wildman–Crippen LogP) is 2.97. The summed E-state index contributed by atoms with van der Waals surface area (Å²) in [5.74, 6) is 0.00134. The van der Waals surface area contributed by atoms with Crippen molar-refractivity contribution in [3.05, 3.63) is 47.3 Å². The molecule has 1 aliphatic heterocycles. The van der Waals surface area contributed by atoms with Gasteiger partial charge < -0.3 is 14.4 Å². The van der Waals surface area contributed by atoms with Crippen LogP contribution in [0.4, 0.5) is 5.88 Å². The van der Waals surface area contributed by atoms with Gasteiger partial charge in [-0.05, 0) is 31.0 Å². The summed E-state index contributed by atoms with van der Waals surface area (Å²) >= 11 is 0. The zero-order chi connectivity index (χ0) is 18.1. The van der Waals surface area contributed by atoms with Gasteiger partial charge in [-0.1, -0.05) is 24.6 Å². The quantitative estimate of drug-likeness (QED) is 0.755. The van der Waals surface area contributed by atoms with E-state index in [0.29, 0.717) is 23.7 Å². The molecule has 3 heterocycles. The number of carbonyl (C=O) groups is 2. The molecule has 0 fully saturated rings. The fourth-order valence-corrected chi connectivity index (χ4v) is 3.28. The van der Waals surface area contributed by atoms with Gasteiger partial charge in [0.25, 0.3) is 11.8 Å². The first-order valence-electron chi connectivity index (χ1n) is 8.84. The molecule has 1 aromatic carbocycles. The average molecular weight is 352 g/mol. The lowest BCUT2D eigenvalue weighted by Gasteiger charge is -2.06. The molecule has 4 rings (SSSR count). The molecule has 0 aliphatic carbocycles. The highest BCUT2D eigenvalue weighted by atomic mass is 16.5. The molecule has 7 heteroatoms. The number of hydrogen-bond donors (Lipinski definition) is 2. The summed E-state index contributed by atoms with van der Waals surface area (Å²) < 4.78 is 7.14. The summed E-state index contributed by atoms with van der Waals surface area (Å²) in [7, 11) is 0. The molecule has 0 spiro atoms. The minimum atomic E-state index is -0.264. The Hall–Kier alpha value is -3.09. The summed E-state index contributed by atoms with van der Waals surface area (Å²) in [5, 5.41) is 10.5. The number of benzene rings is 1. The molecule has 0 atom stereocenters. The van der Waals surface area contributed by atoms with Gasteiger partial charge in [0.2, 0.25) is 5.88 Å². The molecule has 7 nitrogen and oxygen atoms in total. The molecule has 134 valence electrons. The van der Waals surface area contributed by atoms with Gasteiger partial charge >= 0.3 is 0 Å². The van der Waals surface area contributed by atoms with Crippen molar-refractivity contribution >= 4 is 28.6 Å². The fourth-order valence-electron chi connectivity index (χ4n) is 3.28. The van der Waals surface area contributed by atoms with E-state index in [1.807, 2.05) is 22.8 Å². The summed E-state index contributed by atoms with van der Waals surface area (Å²) in [5.41, 5.74) is 2.85. The van der Waals surface area contributed by atoms with Crippen molar-refractivity contribution in [1.82, 2.24) is 15.0 Å². The monoisotopic (exact) mass is 352 g/mol. The molecule has 2 amide bonds. The third-order valence-corrected chi connectivity index (χ3v) is 4.54. The number of hydrogen-bond acceptors (Lipinski definition) is 4. The lowest BCUT2D eigenvalue weighted by Crippen LogP contribution is -2.22. The Morgan fingerprint density at radius 2 is 2.23 bits per heavy atom. The predicted molar refractivity (Wildman–Crippen MR) is 97.3 cm³/mol. The second kappa shape index (κ2) is 6.67. The van der Waals surface area contributed by atoms with Crippen molar-refractivity contribution in [1.29, 1.82) is 0 Å². The number of anilines is 1. The third kappa shape index (κ3) is 2.96. The van der Waals surface area contributed by atoms with E-state index in [0.717, 1.165) is 42.4 Å². The smallest absolute Gasteiger partial charge is 0.267 e. The van der Waals surface area contributed by atoms with E-state index in [-0.39, 0.29) is 11.8 Å². The zero-order valence-corrected chi connectivity index (χ0v) is 14.5.